The van der Waals surface area contributed by atoms with E-state index >= 15 is 0 Å². The third-order valence-corrected chi connectivity index (χ3v) is 5.69. The normalized spacial score (nSPS) is 11.3. The monoisotopic (exact) mass is 431 g/mol. The van der Waals surface area contributed by atoms with Crippen LogP contribution in [0.3, 0.4) is 0 Å². The highest BCUT2D eigenvalue weighted by atomic mass is 16.2. The average molecular weight is 431 g/mol. The first kappa shape index (κ1) is 20.4. The Bertz CT molecular complexity index is 1430. The molecular formula is C28H21N3O2. The lowest BCUT2D eigenvalue weighted by Gasteiger charge is -2.08. The molecule has 4 aromatic carbocycles. The quantitative estimate of drug-likeness (QED) is 0.222. The van der Waals surface area contributed by atoms with Gasteiger partial charge in [-0.2, -0.15) is 5.10 Å². The molecule has 1 amide bonds. The van der Waals surface area contributed by atoms with Gasteiger partial charge in [-0.15, -0.1) is 0 Å². The van der Waals surface area contributed by atoms with Gasteiger partial charge in [-0.1, -0.05) is 72.8 Å². The number of fused-ring (bicyclic) bond motifs is 3. The largest absolute Gasteiger partial charge is 0.336 e. The molecule has 0 spiro atoms. The molecule has 0 bridgehead atoms. The number of nitrogens with zero attached hydrogens (tertiary/aromatic N) is 2. The Morgan fingerprint density at radius 2 is 1.33 bits per heavy atom. The van der Waals surface area contributed by atoms with Gasteiger partial charge in [-0.05, 0) is 35.4 Å². The van der Waals surface area contributed by atoms with Crippen LogP contribution in [0.25, 0.3) is 21.8 Å². The van der Waals surface area contributed by atoms with E-state index in [4.69, 9.17) is 0 Å². The van der Waals surface area contributed by atoms with Crippen LogP contribution in [-0.4, -0.2) is 23.0 Å². The second-order valence-corrected chi connectivity index (χ2v) is 7.80. The van der Waals surface area contributed by atoms with Crippen LogP contribution in [0.2, 0.25) is 0 Å². The van der Waals surface area contributed by atoms with Crippen molar-refractivity contribution in [1.82, 2.24) is 9.99 Å². The Morgan fingerprint density at radius 1 is 0.758 bits per heavy atom. The number of aldehydes is 1. The molecular weight excluding hydrogens is 410 g/mol. The molecule has 1 aromatic heterocycles. The maximum Gasteiger partial charge on any atom is 0.271 e. The van der Waals surface area contributed by atoms with Gasteiger partial charge < -0.3 is 4.57 Å². The van der Waals surface area contributed by atoms with Gasteiger partial charge in [0, 0.05) is 39.5 Å². The highest BCUT2D eigenvalue weighted by Crippen LogP contribution is 2.29. The summed E-state index contributed by atoms with van der Waals surface area (Å²) in [4.78, 5) is 23.2. The number of hydrazone groups is 1. The van der Waals surface area contributed by atoms with Crippen molar-refractivity contribution in [2.45, 2.75) is 6.54 Å². The molecule has 0 aliphatic heterocycles. The van der Waals surface area contributed by atoms with E-state index in [2.05, 4.69) is 63.6 Å². The molecule has 0 aliphatic rings. The van der Waals surface area contributed by atoms with Crippen LogP contribution >= 0.6 is 0 Å². The van der Waals surface area contributed by atoms with Crippen LogP contribution < -0.4 is 5.43 Å². The van der Waals surface area contributed by atoms with Crippen LogP contribution in [0, 0.1) is 0 Å². The molecule has 1 N–H and O–H groups in total. The SMILES string of the molecule is O=Cc1ccc(/C=N/NC(=O)c2ccc(Cn3c4ccccc4c4ccccc43)cc2)cc1. The number of nitrogens with one attached hydrogen (secondary N) is 1. The molecule has 0 saturated carbocycles. The summed E-state index contributed by atoms with van der Waals surface area (Å²) in [5.41, 5.74) is 7.96. The molecule has 5 nitrogen and oxygen atoms in total. The zero-order valence-corrected chi connectivity index (χ0v) is 17.8. The first-order chi connectivity index (χ1) is 16.2. The lowest BCUT2D eigenvalue weighted by molar-refractivity contribution is 0.0955. The number of para-hydroxylation sites is 2. The molecule has 0 aliphatic carbocycles. The Balaban J connectivity index is 1.31. The maximum atomic E-state index is 12.4. The number of benzene rings is 4. The molecule has 5 rings (SSSR count). The molecule has 160 valence electrons. The zero-order chi connectivity index (χ0) is 22.6. The zero-order valence-electron chi connectivity index (χ0n) is 17.8. The Morgan fingerprint density at radius 3 is 1.94 bits per heavy atom. The first-order valence-electron chi connectivity index (χ1n) is 10.7. The van der Waals surface area contributed by atoms with Crippen LogP contribution in [0.15, 0.2) is 102 Å². The maximum absolute atomic E-state index is 12.4. The summed E-state index contributed by atoms with van der Waals surface area (Å²) in [6.07, 6.45) is 2.33. The highest BCUT2D eigenvalue weighted by Gasteiger charge is 2.10. The van der Waals surface area contributed by atoms with Gasteiger partial charge in [0.2, 0.25) is 0 Å². The number of hydrogen-bond donors (Lipinski definition) is 1. The number of amides is 1. The van der Waals surface area contributed by atoms with E-state index in [0.29, 0.717) is 17.7 Å². The number of carbonyl (C=O) groups excluding carboxylic acids is 2. The molecule has 0 fully saturated rings. The van der Waals surface area contributed by atoms with E-state index in [1.807, 2.05) is 24.3 Å². The van der Waals surface area contributed by atoms with E-state index in [9.17, 15) is 9.59 Å². The number of rotatable bonds is 6. The standard InChI is InChI=1S/C28H21N3O2/c32-19-22-11-9-20(10-12-22)17-29-30-28(33)23-15-13-21(14-16-23)18-31-26-7-3-1-5-24(26)25-6-2-4-8-27(25)31/h1-17,19H,18H2,(H,30,33)/b29-17+. The Hall–Kier alpha value is -4.51. The van der Waals surface area contributed by atoms with Crippen molar-refractivity contribution < 1.29 is 9.59 Å². The smallest absolute Gasteiger partial charge is 0.271 e. The van der Waals surface area contributed by atoms with E-state index in [0.717, 1.165) is 17.4 Å². The van der Waals surface area contributed by atoms with Gasteiger partial charge in [-0.3, -0.25) is 9.59 Å². The van der Waals surface area contributed by atoms with Gasteiger partial charge in [0.05, 0.1) is 6.21 Å². The van der Waals surface area contributed by atoms with Crippen molar-refractivity contribution >= 4 is 40.2 Å². The number of carbonyl (C=O) groups is 2. The minimum absolute atomic E-state index is 0.279. The summed E-state index contributed by atoms with van der Waals surface area (Å²) < 4.78 is 2.31. The van der Waals surface area contributed by atoms with Crippen molar-refractivity contribution in [2.75, 3.05) is 0 Å². The summed E-state index contributed by atoms with van der Waals surface area (Å²) in [6.45, 7) is 0.713. The summed E-state index contributed by atoms with van der Waals surface area (Å²) in [5, 5.41) is 6.49. The van der Waals surface area contributed by atoms with Gasteiger partial charge >= 0.3 is 0 Å². The molecule has 0 saturated heterocycles. The van der Waals surface area contributed by atoms with Crippen molar-refractivity contribution in [3.8, 4) is 0 Å². The number of aromatic nitrogens is 1. The van der Waals surface area contributed by atoms with Crippen LogP contribution in [-0.2, 0) is 6.54 Å². The fourth-order valence-corrected chi connectivity index (χ4v) is 4.01. The highest BCUT2D eigenvalue weighted by molar-refractivity contribution is 6.08. The van der Waals surface area contributed by atoms with Crippen LogP contribution in [0.4, 0.5) is 0 Å². The van der Waals surface area contributed by atoms with E-state index < -0.39 is 0 Å². The van der Waals surface area contributed by atoms with Crippen molar-refractivity contribution in [3.63, 3.8) is 0 Å². The van der Waals surface area contributed by atoms with Gasteiger partial charge in [-0.25, -0.2) is 5.43 Å². The molecule has 1 heterocycles. The second kappa shape index (κ2) is 8.93. The van der Waals surface area contributed by atoms with Crippen LogP contribution in [0.1, 0.15) is 31.8 Å². The average Bonchev–Trinajstić information content (AvgIpc) is 3.18. The van der Waals surface area contributed by atoms with Crippen molar-refractivity contribution in [2.24, 2.45) is 5.10 Å². The van der Waals surface area contributed by atoms with Gasteiger partial charge in [0.1, 0.15) is 6.29 Å². The second-order valence-electron chi connectivity index (χ2n) is 7.80. The molecule has 0 atom stereocenters. The minimum Gasteiger partial charge on any atom is -0.336 e. The van der Waals surface area contributed by atoms with E-state index in [-0.39, 0.29) is 5.91 Å². The van der Waals surface area contributed by atoms with E-state index in [1.54, 1.807) is 30.5 Å². The van der Waals surface area contributed by atoms with Crippen molar-refractivity contribution in [3.05, 3.63) is 119 Å². The Kier molecular flexibility index (Phi) is 5.52. The molecule has 0 radical (unpaired) electrons. The fourth-order valence-electron chi connectivity index (χ4n) is 4.01. The predicted octanol–water partition coefficient (Wildman–Crippen LogP) is 5.42. The summed E-state index contributed by atoms with van der Waals surface area (Å²) in [6, 6.07) is 31.3. The van der Waals surface area contributed by atoms with Crippen LogP contribution in [0.5, 0.6) is 0 Å². The lowest BCUT2D eigenvalue weighted by Crippen LogP contribution is -2.17. The van der Waals surface area contributed by atoms with Crippen molar-refractivity contribution in [1.29, 1.82) is 0 Å². The van der Waals surface area contributed by atoms with E-state index in [1.165, 1.54) is 21.8 Å². The minimum atomic E-state index is -0.279. The third kappa shape index (κ3) is 4.16. The molecule has 5 heteroatoms. The summed E-state index contributed by atoms with van der Waals surface area (Å²) in [5.74, 6) is -0.279. The fraction of sp³-hybridized carbons (Fsp3) is 0.0357. The number of hydrogen-bond acceptors (Lipinski definition) is 3. The Labute approximate surface area is 191 Å². The van der Waals surface area contributed by atoms with Gasteiger partial charge in [0.25, 0.3) is 5.91 Å². The topological polar surface area (TPSA) is 63.5 Å². The predicted molar refractivity (Wildman–Crippen MR) is 132 cm³/mol. The summed E-state index contributed by atoms with van der Waals surface area (Å²) >= 11 is 0. The first-order valence-corrected chi connectivity index (χ1v) is 10.7. The lowest BCUT2D eigenvalue weighted by atomic mass is 10.1. The molecule has 0 unspecified atom stereocenters. The third-order valence-electron chi connectivity index (χ3n) is 5.69. The molecule has 5 aromatic rings. The summed E-state index contributed by atoms with van der Waals surface area (Å²) in [7, 11) is 0. The van der Waals surface area contributed by atoms with Gasteiger partial charge in [0.15, 0.2) is 0 Å². The molecule has 33 heavy (non-hydrogen) atoms.